The fourth-order valence-electron chi connectivity index (χ4n) is 2.12. The van der Waals surface area contributed by atoms with E-state index in [9.17, 15) is 4.79 Å². The molecule has 0 saturated heterocycles. The number of hydrogen-bond donors (Lipinski definition) is 0. The number of esters is 1. The van der Waals surface area contributed by atoms with Gasteiger partial charge in [-0.2, -0.15) is 0 Å². The Morgan fingerprint density at radius 3 is 2.09 bits per heavy atom. The molecule has 130 valence electrons. The summed E-state index contributed by atoms with van der Waals surface area (Å²) in [6, 6.07) is 0. The van der Waals surface area contributed by atoms with E-state index in [2.05, 4.69) is 47.8 Å². The molecule has 0 amide bonds. The summed E-state index contributed by atoms with van der Waals surface area (Å²) in [5.74, 6) is 6.05. The Morgan fingerprint density at radius 2 is 1.48 bits per heavy atom. The van der Waals surface area contributed by atoms with Crippen molar-refractivity contribution in [3.8, 4) is 11.8 Å². The quantitative estimate of drug-likeness (QED) is 0.181. The zero-order valence-electron chi connectivity index (χ0n) is 15.1. The number of unbranched alkanes of at least 4 members (excludes halogenated alkanes) is 7. The van der Waals surface area contributed by atoms with Crippen molar-refractivity contribution in [3.05, 3.63) is 24.3 Å². The number of ether oxygens (including phenoxy) is 1. The maximum atomic E-state index is 10.9. The van der Waals surface area contributed by atoms with E-state index in [1.54, 1.807) is 0 Å². The molecule has 0 unspecified atom stereocenters. The van der Waals surface area contributed by atoms with Crippen molar-refractivity contribution in [2.75, 3.05) is 7.11 Å². The van der Waals surface area contributed by atoms with Crippen molar-refractivity contribution in [2.45, 2.75) is 84.0 Å². The molecule has 0 aromatic heterocycles. The Balaban J connectivity index is 3.33. The number of rotatable bonds is 13. The second kappa shape index (κ2) is 18.6. The van der Waals surface area contributed by atoms with E-state index in [-0.39, 0.29) is 5.97 Å². The average Bonchev–Trinajstić information content (AvgIpc) is 2.57. The molecule has 0 bridgehead atoms. The molecular formula is C21H34O2. The summed E-state index contributed by atoms with van der Waals surface area (Å²) in [5.41, 5.74) is 0. The van der Waals surface area contributed by atoms with Crippen LogP contribution in [0.1, 0.15) is 84.0 Å². The summed E-state index contributed by atoms with van der Waals surface area (Å²) in [7, 11) is 1.42. The summed E-state index contributed by atoms with van der Waals surface area (Å²) in [4.78, 5) is 10.9. The van der Waals surface area contributed by atoms with Crippen LogP contribution in [0.3, 0.4) is 0 Å². The van der Waals surface area contributed by atoms with Gasteiger partial charge in [0, 0.05) is 19.3 Å². The van der Waals surface area contributed by atoms with Crippen LogP contribution in [0, 0.1) is 11.8 Å². The third-order valence-corrected chi connectivity index (χ3v) is 3.55. The molecule has 0 N–H and O–H groups in total. The van der Waals surface area contributed by atoms with E-state index in [1.807, 2.05) is 0 Å². The normalized spacial score (nSPS) is 10.9. The number of carbonyl (C=O) groups excluding carboxylic acids is 1. The van der Waals surface area contributed by atoms with Gasteiger partial charge < -0.3 is 4.74 Å². The van der Waals surface area contributed by atoms with Crippen LogP contribution < -0.4 is 0 Å². The van der Waals surface area contributed by atoms with Crippen molar-refractivity contribution in [1.29, 1.82) is 0 Å². The van der Waals surface area contributed by atoms with Gasteiger partial charge in [-0.15, -0.1) is 5.92 Å². The Morgan fingerprint density at radius 1 is 0.870 bits per heavy atom. The summed E-state index contributed by atoms with van der Waals surface area (Å²) >= 11 is 0. The Hall–Kier alpha value is -1.49. The first kappa shape index (κ1) is 21.5. The first-order valence-electron chi connectivity index (χ1n) is 9.13. The van der Waals surface area contributed by atoms with Gasteiger partial charge in [0.2, 0.25) is 0 Å². The largest absolute Gasteiger partial charge is 0.469 e. The average molecular weight is 319 g/mol. The van der Waals surface area contributed by atoms with E-state index in [1.165, 1.54) is 52.1 Å². The maximum Gasteiger partial charge on any atom is 0.305 e. The Kier molecular flexibility index (Phi) is 17.4. The van der Waals surface area contributed by atoms with Gasteiger partial charge in [-0.25, -0.2) is 0 Å². The third kappa shape index (κ3) is 18.5. The molecule has 0 aliphatic rings. The van der Waals surface area contributed by atoms with Crippen LogP contribution in [0.4, 0.5) is 0 Å². The van der Waals surface area contributed by atoms with Gasteiger partial charge in [0.25, 0.3) is 0 Å². The number of allylic oxidation sites excluding steroid dienone is 4. The molecule has 0 spiro atoms. The van der Waals surface area contributed by atoms with Crippen molar-refractivity contribution >= 4 is 5.97 Å². The second-order valence-electron chi connectivity index (χ2n) is 5.71. The molecule has 2 heteroatoms. The van der Waals surface area contributed by atoms with Crippen molar-refractivity contribution in [2.24, 2.45) is 0 Å². The molecule has 2 nitrogen and oxygen atoms in total. The highest BCUT2D eigenvalue weighted by atomic mass is 16.5. The van der Waals surface area contributed by atoms with Gasteiger partial charge in [0.05, 0.1) is 7.11 Å². The van der Waals surface area contributed by atoms with Crippen molar-refractivity contribution in [1.82, 2.24) is 0 Å². The number of hydrogen-bond acceptors (Lipinski definition) is 2. The lowest BCUT2D eigenvalue weighted by atomic mass is 10.1. The van der Waals surface area contributed by atoms with Crippen LogP contribution >= 0.6 is 0 Å². The highest BCUT2D eigenvalue weighted by Gasteiger charge is 1.96. The molecule has 0 aliphatic heterocycles. The van der Waals surface area contributed by atoms with Gasteiger partial charge >= 0.3 is 5.97 Å². The molecule has 0 aliphatic carbocycles. The molecule has 0 radical (unpaired) electrons. The minimum absolute atomic E-state index is 0.150. The van der Waals surface area contributed by atoms with Crippen LogP contribution in [0.2, 0.25) is 0 Å². The lowest BCUT2D eigenvalue weighted by Gasteiger charge is -1.94. The molecule has 0 saturated carbocycles. The lowest BCUT2D eigenvalue weighted by Crippen LogP contribution is -1.98. The number of carbonyl (C=O) groups is 1. The van der Waals surface area contributed by atoms with Crippen molar-refractivity contribution < 1.29 is 9.53 Å². The Bertz CT molecular complexity index is 382. The highest BCUT2D eigenvalue weighted by molar-refractivity contribution is 5.69. The predicted octanol–water partition coefficient (Wildman–Crippen LogP) is 5.98. The van der Waals surface area contributed by atoms with Crippen LogP contribution in [-0.2, 0) is 9.53 Å². The lowest BCUT2D eigenvalue weighted by molar-refractivity contribution is -0.140. The topological polar surface area (TPSA) is 26.3 Å². The highest BCUT2D eigenvalue weighted by Crippen LogP contribution is 2.04. The first-order chi connectivity index (χ1) is 11.3. The van der Waals surface area contributed by atoms with Gasteiger partial charge in [0.15, 0.2) is 0 Å². The molecule has 0 fully saturated rings. The van der Waals surface area contributed by atoms with E-state index in [0.717, 1.165) is 25.7 Å². The van der Waals surface area contributed by atoms with E-state index in [0.29, 0.717) is 6.42 Å². The maximum absolute atomic E-state index is 10.9. The van der Waals surface area contributed by atoms with E-state index in [4.69, 9.17) is 0 Å². The van der Waals surface area contributed by atoms with E-state index >= 15 is 0 Å². The predicted molar refractivity (Wildman–Crippen MR) is 99.2 cm³/mol. The smallest absolute Gasteiger partial charge is 0.305 e. The first-order valence-corrected chi connectivity index (χ1v) is 9.13. The van der Waals surface area contributed by atoms with Gasteiger partial charge in [0.1, 0.15) is 0 Å². The van der Waals surface area contributed by atoms with Crippen LogP contribution in [0.5, 0.6) is 0 Å². The third-order valence-electron chi connectivity index (χ3n) is 3.55. The molecule has 0 rings (SSSR count). The molecule has 0 atom stereocenters. The summed E-state index contributed by atoms with van der Waals surface area (Å²) < 4.78 is 4.58. The summed E-state index contributed by atoms with van der Waals surface area (Å²) in [6.45, 7) is 2.24. The number of methoxy groups -OCH3 is 1. The monoisotopic (exact) mass is 318 g/mol. The fraction of sp³-hybridized carbons (Fsp3) is 0.667. The van der Waals surface area contributed by atoms with Crippen molar-refractivity contribution in [3.63, 3.8) is 0 Å². The zero-order valence-corrected chi connectivity index (χ0v) is 15.1. The fourth-order valence-corrected chi connectivity index (χ4v) is 2.12. The van der Waals surface area contributed by atoms with Crippen LogP contribution in [0.15, 0.2) is 24.3 Å². The standard InChI is InChI=1S/C21H34O2/c1-3-4-5-6-7-8-9-10-11-12-13-14-15-16-17-18-19-20-21(22)23-2/h7-8,13-14H,3-6,9-12,15,18-20H2,1-2H3/b8-7-,14-13-. The summed E-state index contributed by atoms with van der Waals surface area (Å²) in [5, 5.41) is 0. The Labute approximate surface area is 143 Å². The van der Waals surface area contributed by atoms with Gasteiger partial charge in [-0.3, -0.25) is 4.79 Å². The van der Waals surface area contributed by atoms with E-state index < -0.39 is 0 Å². The second-order valence-corrected chi connectivity index (χ2v) is 5.71. The zero-order chi connectivity index (χ0) is 17.0. The minimum Gasteiger partial charge on any atom is -0.469 e. The molecule has 0 aromatic carbocycles. The molecular weight excluding hydrogens is 284 g/mol. The van der Waals surface area contributed by atoms with Crippen LogP contribution in [-0.4, -0.2) is 13.1 Å². The summed E-state index contributed by atoms with van der Waals surface area (Å²) in [6.07, 6.45) is 22.0. The molecule has 0 heterocycles. The van der Waals surface area contributed by atoms with Crippen LogP contribution in [0.25, 0.3) is 0 Å². The molecule has 23 heavy (non-hydrogen) atoms. The van der Waals surface area contributed by atoms with Gasteiger partial charge in [-0.1, -0.05) is 50.0 Å². The molecule has 0 aromatic rings. The van der Waals surface area contributed by atoms with Gasteiger partial charge in [-0.05, 0) is 44.9 Å². The minimum atomic E-state index is -0.150. The SMILES string of the molecule is CCCCC/C=C\CCCC/C=C\CC#CCCCC(=O)OC.